The Morgan fingerprint density at radius 1 is 1.27 bits per heavy atom. The standard InChI is InChI=1S/C26H39NO3/c1-8-15(4)19-11-10-18-13-14(3)12-17(6)20(18)21(19)24(28)22-25(29)23(16(5)9-2)27(7)26(22)30/h8,10-11,14,16-21,23,28H,9,12-13H2,1-7H3. The van der Waals surface area contributed by atoms with E-state index in [1.165, 1.54) is 5.57 Å². The van der Waals surface area contributed by atoms with E-state index in [9.17, 15) is 14.7 Å². The van der Waals surface area contributed by atoms with Gasteiger partial charge in [0.25, 0.3) is 5.91 Å². The number of likely N-dealkylation sites (N-methyl/N-ethyl adjacent to an activating group) is 1. The summed E-state index contributed by atoms with van der Waals surface area (Å²) in [5.41, 5.74) is 1.22. The molecule has 8 atom stereocenters. The summed E-state index contributed by atoms with van der Waals surface area (Å²) in [5, 5.41) is 11.6. The molecule has 0 aromatic heterocycles. The van der Waals surface area contributed by atoms with E-state index in [1.807, 2.05) is 20.8 Å². The van der Waals surface area contributed by atoms with E-state index in [2.05, 4.69) is 39.0 Å². The number of amides is 1. The number of ketones is 1. The first kappa shape index (κ1) is 22.8. The number of rotatable bonds is 4. The molecule has 1 saturated carbocycles. The summed E-state index contributed by atoms with van der Waals surface area (Å²) in [6.45, 7) is 12.7. The molecule has 1 saturated heterocycles. The molecule has 2 aliphatic carbocycles. The highest BCUT2D eigenvalue weighted by atomic mass is 16.3. The minimum atomic E-state index is -0.473. The molecule has 0 aromatic rings. The SMILES string of the molecule is CC=C(C)C1C=CC2CC(C)CC(C)C2C1C(O)=C1C(=O)C(C(C)CC)N(C)C1=O. The quantitative estimate of drug-likeness (QED) is 0.294. The number of carbonyl (C=O) groups is 2. The van der Waals surface area contributed by atoms with Gasteiger partial charge in [-0.2, -0.15) is 0 Å². The molecule has 1 N–H and O–H groups in total. The summed E-state index contributed by atoms with van der Waals surface area (Å²) in [6.07, 6.45) is 9.66. The van der Waals surface area contributed by atoms with Gasteiger partial charge >= 0.3 is 0 Å². The third-order valence-electron chi connectivity index (χ3n) is 8.17. The summed E-state index contributed by atoms with van der Waals surface area (Å²) in [5.74, 6) is 1.09. The number of aliphatic hydroxyl groups excluding tert-OH is 1. The van der Waals surface area contributed by atoms with Crippen molar-refractivity contribution >= 4 is 11.7 Å². The van der Waals surface area contributed by atoms with E-state index in [0.29, 0.717) is 17.8 Å². The van der Waals surface area contributed by atoms with E-state index >= 15 is 0 Å². The number of hydrogen-bond donors (Lipinski definition) is 1. The summed E-state index contributed by atoms with van der Waals surface area (Å²) in [7, 11) is 1.69. The Kier molecular flexibility index (Phi) is 6.64. The topological polar surface area (TPSA) is 57.6 Å². The molecule has 1 heterocycles. The monoisotopic (exact) mass is 413 g/mol. The van der Waals surface area contributed by atoms with Crippen molar-refractivity contribution in [3.8, 4) is 0 Å². The molecular formula is C26H39NO3. The second kappa shape index (κ2) is 8.72. The van der Waals surface area contributed by atoms with Gasteiger partial charge in [0, 0.05) is 18.9 Å². The van der Waals surface area contributed by atoms with Gasteiger partial charge in [0.05, 0.1) is 6.04 Å². The molecule has 0 aromatic carbocycles. The third kappa shape index (κ3) is 3.67. The van der Waals surface area contributed by atoms with E-state index < -0.39 is 6.04 Å². The average Bonchev–Trinajstić information content (AvgIpc) is 2.93. The number of allylic oxidation sites excluding steroid dienone is 5. The fourth-order valence-corrected chi connectivity index (χ4v) is 6.36. The number of Topliss-reactive ketones (excluding diaryl/α,β-unsaturated/α-hetero) is 1. The van der Waals surface area contributed by atoms with Crippen LogP contribution in [0.4, 0.5) is 0 Å². The predicted octanol–water partition coefficient (Wildman–Crippen LogP) is 5.32. The number of carbonyl (C=O) groups excluding carboxylic acids is 2. The Bertz CT molecular complexity index is 792. The zero-order valence-electron chi connectivity index (χ0n) is 19.7. The maximum atomic E-state index is 13.3. The normalized spacial score (nSPS) is 39.9. The number of fused-ring (bicyclic) bond motifs is 1. The van der Waals surface area contributed by atoms with E-state index in [1.54, 1.807) is 11.9 Å². The van der Waals surface area contributed by atoms with Crippen LogP contribution in [0, 0.1) is 41.4 Å². The largest absolute Gasteiger partial charge is 0.511 e. The Balaban J connectivity index is 2.12. The highest BCUT2D eigenvalue weighted by molar-refractivity contribution is 6.26. The Hall–Kier alpha value is -1.84. The highest BCUT2D eigenvalue weighted by Crippen LogP contribution is 2.52. The molecule has 8 unspecified atom stereocenters. The molecule has 0 radical (unpaired) electrons. The lowest BCUT2D eigenvalue weighted by Gasteiger charge is -2.47. The van der Waals surface area contributed by atoms with Crippen LogP contribution < -0.4 is 0 Å². The lowest BCUT2D eigenvalue weighted by atomic mass is 9.57. The van der Waals surface area contributed by atoms with Crippen LogP contribution in [0.3, 0.4) is 0 Å². The van der Waals surface area contributed by atoms with E-state index in [4.69, 9.17) is 0 Å². The minimum absolute atomic E-state index is 0.0214. The van der Waals surface area contributed by atoms with Gasteiger partial charge < -0.3 is 10.0 Å². The van der Waals surface area contributed by atoms with Crippen molar-refractivity contribution in [2.75, 3.05) is 7.05 Å². The molecule has 3 aliphatic rings. The molecule has 4 heteroatoms. The minimum Gasteiger partial charge on any atom is -0.511 e. The molecule has 30 heavy (non-hydrogen) atoms. The number of hydrogen-bond acceptors (Lipinski definition) is 3. The van der Waals surface area contributed by atoms with Gasteiger partial charge in [-0.15, -0.1) is 0 Å². The zero-order chi connectivity index (χ0) is 22.3. The van der Waals surface area contributed by atoms with Crippen LogP contribution in [0.15, 0.2) is 35.1 Å². The summed E-state index contributed by atoms with van der Waals surface area (Å²) >= 11 is 0. The smallest absolute Gasteiger partial charge is 0.261 e. The van der Waals surface area contributed by atoms with Gasteiger partial charge in [-0.05, 0) is 56.3 Å². The van der Waals surface area contributed by atoms with Crippen LogP contribution in [0.25, 0.3) is 0 Å². The number of likely N-dealkylation sites (tertiary alicyclic amines) is 1. The second-order valence-electron chi connectivity index (χ2n) is 10.1. The Morgan fingerprint density at radius 2 is 1.93 bits per heavy atom. The third-order valence-corrected chi connectivity index (χ3v) is 8.17. The van der Waals surface area contributed by atoms with Crippen molar-refractivity contribution in [2.24, 2.45) is 41.4 Å². The first-order valence-electron chi connectivity index (χ1n) is 11.7. The molecule has 0 spiro atoms. The van der Waals surface area contributed by atoms with E-state index in [0.717, 1.165) is 19.3 Å². The van der Waals surface area contributed by atoms with Crippen molar-refractivity contribution in [1.82, 2.24) is 4.90 Å². The molecule has 4 nitrogen and oxygen atoms in total. The van der Waals surface area contributed by atoms with Gasteiger partial charge in [-0.3, -0.25) is 9.59 Å². The molecule has 0 bridgehead atoms. The molecule has 166 valence electrons. The molecule has 1 amide bonds. The summed E-state index contributed by atoms with van der Waals surface area (Å²) < 4.78 is 0. The van der Waals surface area contributed by atoms with Gasteiger partial charge in [-0.25, -0.2) is 0 Å². The maximum Gasteiger partial charge on any atom is 0.261 e. The average molecular weight is 414 g/mol. The lowest BCUT2D eigenvalue weighted by molar-refractivity contribution is -0.126. The number of nitrogens with zero attached hydrogens (tertiary/aromatic N) is 1. The number of aliphatic hydroxyl groups is 1. The Morgan fingerprint density at radius 3 is 2.53 bits per heavy atom. The van der Waals surface area contributed by atoms with Crippen LogP contribution in [0.1, 0.15) is 60.8 Å². The molecule has 2 fully saturated rings. The highest BCUT2D eigenvalue weighted by Gasteiger charge is 2.50. The van der Waals surface area contributed by atoms with Crippen molar-refractivity contribution in [2.45, 2.75) is 66.8 Å². The first-order valence-corrected chi connectivity index (χ1v) is 11.7. The second-order valence-corrected chi connectivity index (χ2v) is 10.1. The fourth-order valence-electron chi connectivity index (χ4n) is 6.36. The van der Waals surface area contributed by atoms with Gasteiger partial charge in [0.2, 0.25) is 0 Å². The lowest BCUT2D eigenvalue weighted by Crippen LogP contribution is -2.42. The summed E-state index contributed by atoms with van der Waals surface area (Å²) in [6, 6.07) is -0.473. The molecule has 1 aliphatic heterocycles. The maximum absolute atomic E-state index is 13.3. The van der Waals surface area contributed by atoms with Gasteiger partial charge in [-0.1, -0.05) is 57.9 Å². The van der Waals surface area contributed by atoms with E-state index in [-0.39, 0.29) is 46.7 Å². The summed E-state index contributed by atoms with van der Waals surface area (Å²) in [4.78, 5) is 28.0. The van der Waals surface area contributed by atoms with Gasteiger partial charge in [0.15, 0.2) is 5.78 Å². The predicted molar refractivity (Wildman–Crippen MR) is 121 cm³/mol. The van der Waals surface area contributed by atoms with Crippen molar-refractivity contribution in [1.29, 1.82) is 0 Å². The van der Waals surface area contributed by atoms with Crippen molar-refractivity contribution in [3.63, 3.8) is 0 Å². The van der Waals surface area contributed by atoms with Crippen LogP contribution in [0.2, 0.25) is 0 Å². The van der Waals surface area contributed by atoms with Crippen molar-refractivity contribution in [3.05, 3.63) is 35.1 Å². The van der Waals surface area contributed by atoms with Crippen LogP contribution >= 0.6 is 0 Å². The van der Waals surface area contributed by atoms with Crippen molar-refractivity contribution < 1.29 is 14.7 Å². The molecular weight excluding hydrogens is 374 g/mol. The molecule has 3 rings (SSSR count). The van der Waals surface area contributed by atoms with Crippen LogP contribution in [-0.2, 0) is 9.59 Å². The van der Waals surface area contributed by atoms with Crippen LogP contribution in [0.5, 0.6) is 0 Å². The Labute approximate surface area is 182 Å². The fraction of sp³-hybridized carbons (Fsp3) is 0.692. The zero-order valence-corrected chi connectivity index (χ0v) is 19.7. The first-order chi connectivity index (χ1) is 14.1. The van der Waals surface area contributed by atoms with Gasteiger partial charge in [0.1, 0.15) is 11.3 Å². The van der Waals surface area contributed by atoms with Crippen LogP contribution in [-0.4, -0.2) is 34.8 Å².